The number of thioether (sulfide) groups is 1. The maximum absolute atomic E-state index is 12.6. The number of fused-ring (bicyclic) bond motifs is 1. The maximum Gasteiger partial charge on any atom is 0.257 e. The SMILES string of the molecule is O=C(c1cccc2c1OCCO2)N1CCCSCC1. The maximum atomic E-state index is 12.6. The quantitative estimate of drug-likeness (QED) is 0.788. The fraction of sp³-hybridized carbons (Fsp3) is 0.500. The molecule has 0 unspecified atom stereocenters. The molecule has 1 saturated heterocycles. The average molecular weight is 279 g/mol. The summed E-state index contributed by atoms with van der Waals surface area (Å²) >= 11 is 1.91. The first kappa shape index (κ1) is 12.7. The Bertz CT molecular complexity index is 470. The molecule has 3 rings (SSSR count). The molecule has 0 bridgehead atoms. The molecular weight excluding hydrogens is 262 g/mol. The Kier molecular flexibility index (Phi) is 3.82. The summed E-state index contributed by atoms with van der Waals surface area (Å²) in [5.41, 5.74) is 0.629. The van der Waals surface area contributed by atoms with Gasteiger partial charge in [-0.2, -0.15) is 11.8 Å². The Morgan fingerprint density at radius 1 is 1.16 bits per heavy atom. The molecule has 0 atom stereocenters. The van der Waals surface area contributed by atoms with E-state index in [4.69, 9.17) is 9.47 Å². The molecule has 0 spiro atoms. The van der Waals surface area contributed by atoms with Gasteiger partial charge < -0.3 is 14.4 Å². The number of nitrogens with zero attached hydrogens (tertiary/aromatic N) is 1. The highest BCUT2D eigenvalue weighted by molar-refractivity contribution is 7.99. The second kappa shape index (κ2) is 5.74. The van der Waals surface area contributed by atoms with Crippen LogP contribution in [0.1, 0.15) is 16.8 Å². The highest BCUT2D eigenvalue weighted by atomic mass is 32.2. The Morgan fingerprint density at radius 3 is 3.00 bits per heavy atom. The van der Waals surface area contributed by atoms with Crippen LogP contribution in [0.25, 0.3) is 0 Å². The molecule has 2 aliphatic heterocycles. The van der Waals surface area contributed by atoms with Crippen LogP contribution in [0.15, 0.2) is 18.2 Å². The largest absolute Gasteiger partial charge is 0.486 e. The Labute approximate surface area is 117 Å². The van der Waals surface area contributed by atoms with Gasteiger partial charge in [-0.15, -0.1) is 0 Å². The normalized spacial score (nSPS) is 18.8. The summed E-state index contributed by atoms with van der Waals surface area (Å²) in [4.78, 5) is 14.5. The summed E-state index contributed by atoms with van der Waals surface area (Å²) < 4.78 is 11.1. The smallest absolute Gasteiger partial charge is 0.257 e. The number of carbonyl (C=O) groups is 1. The summed E-state index contributed by atoms with van der Waals surface area (Å²) in [7, 11) is 0. The summed E-state index contributed by atoms with van der Waals surface area (Å²) in [5.74, 6) is 3.50. The second-order valence-electron chi connectivity index (χ2n) is 4.59. The van der Waals surface area contributed by atoms with Gasteiger partial charge in [0, 0.05) is 18.8 Å². The molecule has 102 valence electrons. The van der Waals surface area contributed by atoms with Crippen molar-refractivity contribution in [3.05, 3.63) is 23.8 Å². The third kappa shape index (κ3) is 2.66. The number of hydrogen-bond donors (Lipinski definition) is 0. The van der Waals surface area contributed by atoms with Gasteiger partial charge in [-0.1, -0.05) is 6.07 Å². The van der Waals surface area contributed by atoms with Crippen LogP contribution in [0.3, 0.4) is 0 Å². The van der Waals surface area contributed by atoms with Crippen LogP contribution >= 0.6 is 11.8 Å². The first-order valence-corrected chi connectivity index (χ1v) is 7.77. The molecular formula is C14H17NO3S. The van der Waals surface area contributed by atoms with E-state index in [1.165, 1.54) is 0 Å². The zero-order valence-corrected chi connectivity index (χ0v) is 11.6. The van der Waals surface area contributed by atoms with Gasteiger partial charge in [-0.05, 0) is 24.3 Å². The summed E-state index contributed by atoms with van der Waals surface area (Å²) in [6, 6.07) is 5.53. The highest BCUT2D eigenvalue weighted by Gasteiger charge is 2.24. The van der Waals surface area contributed by atoms with Crippen molar-refractivity contribution in [3.63, 3.8) is 0 Å². The third-order valence-electron chi connectivity index (χ3n) is 3.31. The number of amides is 1. The van der Waals surface area contributed by atoms with Gasteiger partial charge in [0.2, 0.25) is 0 Å². The summed E-state index contributed by atoms with van der Waals surface area (Å²) in [6.07, 6.45) is 1.06. The van der Waals surface area contributed by atoms with E-state index >= 15 is 0 Å². The van der Waals surface area contributed by atoms with Gasteiger partial charge in [-0.25, -0.2) is 0 Å². The van der Waals surface area contributed by atoms with Gasteiger partial charge in [-0.3, -0.25) is 4.79 Å². The number of hydrogen-bond acceptors (Lipinski definition) is 4. The second-order valence-corrected chi connectivity index (χ2v) is 5.81. The molecule has 0 saturated carbocycles. The van der Waals surface area contributed by atoms with Crippen molar-refractivity contribution in [1.82, 2.24) is 4.90 Å². The van der Waals surface area contributed by atoms with Crippen molar-refractivity contribution >= 4 is 17.7 Å². The predicted octanol–water partition coefficient (Wildman–Crippen LogP) is 2.04. The zero-order valence-electron chi connectivity index (χ0n) is 10.8. The minimum atomic E-state index is 0.0600. The van der Waals surface area contributed by atoms with E-state index in [-0.39, 0.29) is 5.91 Å². The molecule has 5 heteroatoms. The van der Waals surface area contributed by atoms with Gasteiger partial charge in [0.15, 0.2) is 11.5 Å². The van der Waals surface area contributed by atoms with Crippen LogP contribution < -0.4 is 9.47 Å². The molecule has 0 radical (unpaired) electrons. The first-order chi connectivity index (χ1) is 9.36. The van der Waals surface area contributed by atoms with Crippen LogP contribution in [0, 0.1) is 0 Å². The van der Waals surface area contributed by atoms with Crippen LogP contribution in [0.4, 0.5) is 0 Å². The fourth-order valence-electron chi connectivity index (χ4n) is 2.36. The lowest BCUT2D eigenvalue weighted by Crippen LogP contribution is -2.33. The Hall–Kier alpha value is -1.36. The predicted molar refractivity (Wildman–Crippen MR) is 75.3 cm³/mol. The Balaban J connectivity index is 1.86. The molecule has 1 amide bonds. The van der Waals surface area contributed by atoms with Gasteiger partial charge >= 0.3 is 0 Å². The number of carbonyl (C=O) groups excluding carboxylic acids is 1. The van der Waals surface area contributed by atoms with Crippen molar-refractivity contribution in [2.24, 2.45) is 0 Å². The molecule has 0 aromatic heterocycles. The molecule has 2 heterocycles. The molecule has 19 heavy (non-hydrogen) atoms. The van der Waals surface area contributed by atoms with Crippen LogP contribution in [0.5, 0.6) is 11.5 Å². The molecule has 1 fully saturated rings. The highest BCUT2D eigenvalue weighted by Crippen LogP contribution is 2.34. The number of benzene rings is 1. The molecule has 1 aromatic rings. The zero-order chi connectivity index (χ0) is 13.1. The lowest BCUT2D eigenvalue weighted by Gasteiger charge is -2.24. The lowest BCUT2D eigenvalue weighted by molar-refractivity contribution is 0.0758. The van der Waals surface area contributed by atoms with Gasteiger partial charge in [0.1, 0.15) is 13.2 Å². The Morgan fingerprint density at radius 2 is 2.05 bits per heavy atom. The van der Waals surface area contributed by atoms with Gasteiger partial charge in [0.05, 0.1) is 5.56 Å². The van der Waals surface area contributed by atoms with Crippen LogP contribution in [-0.4, -0.2) is 48.6 Å². The van der Waals surface area contributed by atoms with Crippen molar-refractivity contribution < 1.29 is 14.3 Å². The fourth-order valence-corrected chi connectivity index (χ4v) is 3.25. The number of rotatable bonds is 1. The average Bonchev–Trinajstić information content (AvgIpc) is 2.75. The van der Waals surface area contributed by atoms with E-state index in [0.29, 0.717) is 30.3 Å². The van der Waals surface area contributed by atoms with Crippen molar-refractivity contribution in [2.45, 2.75) is 6.42 Å². The van der Waals surface area contributed by atoms with Crippen molar-refractivity contribution in [3.8, 4) is 11.5 Å². The standard InChI is InChI=1S/C14H17NO3S/c16-14(15-5-2-9-19-10-6-15)11-3-1-4-12-13(11)18-8-7-17-12/h1,3-4H,2,5-10H2. The monoisotopic (exact) mass is 279 g/mol. The van der Waals surface area contributed by atoms with E-state index in [2.05, 4.69) is 0 Å². The van der Waals surface area contributed by atoms with Crippen molar-refractivity contribution in [1.29, 1.82) is 0 Å². The first-order valence-electron chi connectivity index (χ1n) is 6.62. The van der Waals surface area contributed by atoms with Crippen molar-refractivity contribution in [2.75, 3.05) is 37.8 Å². The molecule has 4 nitrogen and oxygen atoms in total. The van der Waals surface area contributed by atoms with E-state index in [0.717, 1.165) is 31.0 Å². The lowest BCUT2D eigenvalue weighted by atomic mass is 10.1. The van der Waals surface area contributed by atoms with Gasteiger partial charge in [0.25, 0.3) is 5.91 Å². The minimum absolute atomic E-state index is 0.0600. The van der Waals surface area contributed by atoms with E-state index in [1.54, 1.807) is 0 Å². The molecule has 1 aromatic carbocycles. The summed E-state index contributed by atoms with van der Waals surface area (Å²) in [6.45, 7) is 2.70. The number of para-hydroxylation sites is 1. The van der Waals surface area contributed by atoms with Crippen LogP contribution in [-0.2, 0) is 0 Å². The molecule has 0 aliphatic carbocycles. The van der Waals surface area contributed by atoms with E-state index in [1.807, 2.05) is 34.9 Å². The van der Waals surface area contributed by atoms with E-state index < -0.39 is 0 Å². The third-order valence-corrected chi connectivity index (χ3v) is 4.35. The topological polar surface area (TPSA) is 38.8 Å². The van der Waals surface area contributed by atoms with E-state index in [9.17, 15) is 4.79 Å². The summed E-state index contributed by atoms with van der Waals surface area (Å²) in [5, 5.41) is 0. The van der Waals surface area contributed by atoms with Crippen LogP contribution in [0.2, 0.25) is 0 Å². The molecule has 2 aliphatic rings. The minimum Gasteiger partial charge on any atom is -0.486 e. The molecule has 0 N–H and O–H groups in total. The number of ether oxygens (including phenoxy) is 2.